The number of ether oxygens (including phenoxy) is 1. The maximum Gasteiger partial charge on any atom is 1.00 e. The van der Waals surface area contributed by atoms with Crippen LogP contribution in [0.1, 0.15) is 27.6 Å². The Morgan fingerprint density at radius 2 is 1.08 bits per heavy atom. The predicted octanol–water partition coefficient (Wildman–Crippen LogP) is 3.04. The molecule has 10 heteroatoms. The van der Waals surface area contributed by atoms with E-state index >= 15 is 0 Å². The number of benzene rings is 4. The van der Waals surface area contributed by atoms with Crippen LogP contribution in [0.15, 0.2) is 81.7 Å². The summed E-state index contributed by atoms with van der Waals surface area (Å²) in [5.41, 5.74) is 0.582. The molecule has 180 valence electrons. The van der Waals surface area contributed by atoms with Crippen molar-refractivity contribution >= 4 is 76.9 Å². The van der Waals surface area contributed by atoms with Crippen LogP contribution in [0.4, 0.5) is 0 Å². The number of esters is 1. The Morgan fingerprint density at radius 3 is 1.47 bits per heavy atom. The predicted molar refractivity (Wildman–Crippen MR) is 138 cm³/mol. The van der Waals surface area contributed by atoms with Crippen molar-refractivity contribution in [3.8, 4) is 0 Å². The normalized spacial score (nSPS) is 9.75. The number of carbonyl (C=O) groups excluding carboxylic acids is 3. The van der Waals surface area contributed by atoms with Gasteiger partial charge >= 0.3 is 41.5 Å². The summed E-state index contributed by atoms with van der Waals surface area (Å²) < 4.78 is 6.46. The van der Waals surface area contributed by atoms with Gasteiger partial charge in [0.2, 0.25) is 0 Å². The maximum atomic E-state index is 12.0. The van der Waals surface area contributed by atoms with E-state index in [0.717, 1.165) is 25.1 Å². The molecular formula is C26H19Br2NaO7. The Labute approximate surface area is 245 Å². The van der Waals surface area contributed by atoms with Gasteiger partial charge in [0, 0.05) is 20.1 Å². The minimum Gasteiger partial charge on any atom is -0.870 e. The van der Waals surface area contributed by atoms with Gasteiger partial charge in [0.25, 0.3) is 11.6 Å². The van der Waals surface area contributed by atoms with E-state index in [0.29, 0.717) is 10.9 Å². The quantitative estimate of drug-likeness (QED) is 0.156. The molecule has 0 radical (unpaired) electrons. The molecule has 4 aromatic carbocycles. The SMILES string of the molecule is CCOC(=O)C(=O)c1ccc(Br)c2ccccc12.O=C(O)C(=O)c1ccc(Br)c2ccccc12.[Na+].[OH-]. The number of rotatable bonds is 5. The molecule has 0 aliphatic rings. The van der Waals surface area contributed by atoms with Gasteiger partial charge in [0.15, 0.2) is 0 Å². The van der Waals surface area contributed by atoms with Crippen LogP contribution in [0.5, 0.6) is 0 Å². The number of halogens is 2. The molecule has 4 aromatic rings. The van der Waals surface area contributed by atoms with Crippen LogP contribution < -0.4 is 29.6 Å². The van der Waals surface area contributed by atoms with E-state index in [1.54, 1.807) is 37.3 Å². The van der Waals surface area contributed by atoms with Gasteiger partial charge in [0.05, 0.1) is 6.61 Å². The molecule has 0 aliphatic heterocycles. The van der Waals surface area contributed by atoms with Crippen LogP contribution in [0, 0.1) is 0 Å². The maximum absolute atomic E-state index is 12.0. The number of carbonyl (C=O) groups is 4. The first kappa shape index (κ1) is 31.6. The van der Waals surface area contributed by atoms with Gasteiger partial charge in [-0.3, -0.25) is 9.59 Å². The fourth-order valence-corrected chi connectivity index (χ4v) is 4.30. The van der Waals surface area contributed by atoms with Crippen LogP contribution in [-0.4, -0.2) is 40.7 Å². The second-order valence-electron chi connectivity index (χ2n) is 6.96. The molecule has 0 fully saturated rings. The molecule has 0 atom stereocenters. The number of carboxylic acid groups (broad SMARTS) is 1. The third-order valence-corrected chi connectivity index (χ3v) is 6.27. The molecule has 0 heterocycles. The number of fused-ring (bicyclic) bond motifs is 2. The number of carboxylic acids is 1. The second-order valence-corrected chi connectivity index (χ2v) is 8.67. The Balaban J connectivity index is 0.000000343. The van der Waals surface area contributed by atoms with Gasteiger partial charge in [-0.1, -0.05) is 80.4 Å². The summed E-state index contributed by atoms with van der Waals surface area (Å²) in [5.74, 6) is -3.75. The van der Waals surface area contributed by atoms with Crippen LogP contribution in [0.3, 0.4) is 0 Å². The van der Waals surface area contributed by atoms with E-state index in [4.69, 9.17) is 9.84 Å². The molecule has 7 nitrogen and oxygen atoms in total. The number of hydrogen-bond acceptors (Lipinski definition) is 6. The fourth-order valence-electron chi connectivity index (χ4n) is 3.34. The van der Waals surface area contributed by atoms with Gasteiger partial charge in [-0.2, -0.15) is 0 Å². The van der Waals surface area contributed by atoms with E-state index in [2.05, 4.69) is 31.9 Å². The first-order valence-corrected chi connectivity index (χ1v) is 11.7. The van der Waals surface area contributed by atoms with Crippen molar-refractivity contribution in [2.75, 3.05) is 6.61 Å². The molecule has 0 amide bonds. The van der Waals surface area contributed by atoms with Gasteiger partial charge in [-0.25, -0.2) is 9.59 Å². The third kappa shape index (κ3) is 7.09. The average molecular weight is 626 g/mol. The molecule has 2 N–H and O–H groups in total. The smallest absolute Gasteiger partial charge is 0.870 e. The third-order valence-electron chi connectivity index (χ3n) is 4.89. The second kappa shape index (κ2) is 14.4. The summed E-state index contributed by atoms with van der Waals surface area (Å²) >= 11 is 6.78. The summed E-state index contributed by atoms with van der Waals surface area (Å²) in [4.78, 5) is 45.6. The summed E-state index contributed by atoms with van der Waals surface area (Å²) in [6.45, 7) is 1.86. The molecule has 0 saturated heterocycles. The molecule has 0 spiro atoms. The number of aliphatic carboxylic acids is 1. The molecular weight excluding hydrogens is 607 g/mol. The van der Waals surface area contributed by atoms with Crippen molar-refractivity contribution in [3.05, 3.63) is 92.9 Å². The zero-order valence-electron chi connectivity index (χ0n) is 19.3. The van der Waals surface area contributed by atoms with E-state index in [1.807, 2.05) is 36.4 Å². The number of hydrogen-bond donors (Lipinski definition) is 1. The minimum absolute atomic E-state index is 0. The summed E-state index contributed by atoms with van der Waals surface area (Å²) in [7, 11) is 0. The largest absolute Gasteiger partial charge is 1.00 e. The number of Topliss-reactive ketones (excluding diaryl/α,β-unsaturated/α-hetero) is 2. The molecule has 0 bridgehead atoms. The van der Waals surface area contributed by atoms with Gasteiger partial charge in [0.1, 0.15) is 0 Å². The monoisotopic (exact) mass is 624 g/mol. The molecule has 4 rings (SSSR count). The van der Waals surface area contributed by atoms with Crippen molar-refractivity contribution < 1.29 is 64.1 Å². The molecule has 0 saturated carbocycles. The molecule has 0 aromatic heterocycles. The van der Waals surface area contributed by atoms with E-state index < -0.39 is 23.5 Å². The summed E-state index contributed by atoms with van der Waals surface area (Å²) in [5, 5.41) is 11.8. The van der Waals surface area contributed by atoms with Gasteiger partial charge in [-0.15, -0.1) is 0 Å². The zero-order valence-corrected chi connectivity index (χ0v) is 24.5. The van der Waals surface area contributed by atoms with Crippen molar-refractivity contribution in [2.24, 2.45) is 0 Å². The Bertz CT molecular complexity index is 1440. The van der Waals surface area contributed by atoms with Crippen molar-refractivity contribution in [1.29, 1.82) is 0 Å². The Hall–Kier alpha value is -2.40. The van der Waals surface area contributed by atoms with Crippen molar-refractivity contribution in [3.63, 3.8) is 0 Å². The molecule has 0 unspecified atom stereocenters. The Kier molecular flexibility index (Phi) is 12.6. The van der Waals surface area contributed by atoms with Crippen LogP contribution in [-0.2, 0) is 14.3 Å². The van der Waals surface area contributed by atoms with E-state index in [-0.39, 0.29) is 47.2 Å². The van der Waals surface area contributed by atoms with Crippen LogP contribution in [0.2, 0.25) is 0 Å². The number of ketones is 2. The molecule has 0 aliphatic carbocycles. The van der Waals surface area contributed by atoms with Gasteiger partial charge < -0.3 is 15.3 Å². The fraction of sp³-hybridized carbons (Fsp3) is 0.0769. The average Bonchev–Trinajstić information content (AvgIpc) is 2.84. The summed E-state index contributed by atoms with van der Waals surface area (Å²) in [6.07, 6.45) is 0. The van der Waals surface area contributed by atoms with Crippen LogP contribution in [0.25, 0.3) is 21.5 Å². The summed E-state index contributed by atoms with van der Waals surface area (Å²) in [6, 6.07) is 21.2. The van der Waals surface area contributed by atoms with E-state index in [1.165, 1.54) is 6.07 Å². The first-order valence-electron chi connectivity index (χ1n) is 10.1. The van der Waals surface area contributed by atoms with Crippen molar-refractivity contribution in [2.45, 2.75) is 6.92 Å². The van der Waals surface area contributed by atoms with Gasteiger partial charge in [-0.05, 0) is 52.7 Å². The zero-order chi connectivity index (χ0) is 24.8. The Morgan fingerprint density at radius 1 is 0.694 bits per heavy atom. The minimum atomic E-state index is -1.44. The first-order chi connectivity index (χ1) is 16.3. The standard InChI is InChI=1S/C14H11BrO3.C12H7BrO3.Na.H2O/c1-2-18-14(17)13(16)11-7-8-12(15)10-6-4-3-5-9(10)11;13-10-6-5-9(11(14)12(15)16)7-3-1-2-4-8(7)10;;/h3-8H,2H2,1H3;1-6H,(H,15,16);;1H2/q;;+1;/p-1. The van der Waals surface area contributed by atoms with Crippen LogP contribution >= 0.6 is 31.9 Å². The van der Waals surface area contributed by atoms with Crippen molar-refractivity contribution in [1.82, 2.24) is 0 Å². The van der Waals surface area contributed by atoms with E-state index in [9.17, 15) is 19.2 Å². The molecule has 36 heavy (non-hydrogen) atoms. The topological polar surface area (TPSA) is 128 Å².